The Morgan fingerprint density at radius 3 is 2.86 bits per heavy atom. The summed E-state index contributed by atoms with van der Waals surface area (Å²) < 4.78 is 5.92. The SMILES string of the molecule is COc1cccc(-c2nnc(Br)s2)c1. The number of ether oxygens (including phenoxy) is 1. The summed E-state index contributed by atoms with van der Waals surface area (Å²) in [7, 11) is 1.65. The lowest BCUT2D eigenvalue weighted by atomic mass is 10.2. The van der Waals surface area contributed by atoms with Gasteiger partial charge in [0, 0.05) is 5.56 Å². The van der Waals surface area contributed by atoms with E-state index in [2.05, 4.69) is 26.1 Å². The van der Waals surface area contributed by atoms with Crippen molar-refractivity contribution < 1.29 is 4.74 Å². The van der Waals surface area contributed by atoms with Gasteiger partial charge in [0.25, 0.3) is 0 Å². The van der Waals surface area contributed by atoms with Gasteiger partial charge in [-0.25, -0.2) is 0 Å². The number of nitrogens with zero attached hydrogens (tertiary/aromatic N) is 2. The first kappa shape index (κ1) is 9.61. The summed E-state index contributed by atoms with van der Waals surface area (Å²) in [5, 5.41) is 8.81. The first-order valence-corrected chi connectivity index (χ1v) is 5.54. The van der Waals surface area contributed by atoms with Crippen molar-refractivity contribution in [1.82, 2.24) is 10.2 Å². The van der Waals surface area contributed by atoms with Gasteiger partial charge in [0.2, 0.25) is 0 Å². The Hall–Kier alpha value is -0.940. The van der Waals surface area contributed by atoms with Gasteiger partial charge in [0.05, 0.1) is 7.11 Å². The molecule has 2 aromatic rings. The molecular weight excluding hydrogens is 264 g/mol. The maximum absolute atomic E-state index is 5.13. The molecule has 0 N–H and O–H groups in total. The minimum atomic E-state index is 0.787. The van der Waals surface area contributed by atoms with Crippen LogP contribution in [0.1, 0.15) is 0 Å². The van der Waals surface area contributed by atoms with Gasteiger partial charge in [-0.05, 0) is 28.1 Å². The normalized spacial score (nSPS) is 10.1. The van der Waals surface area contributed by atoms with Gasteiger partial charge in [0.1, 0.15) is 10.8 Å². The molecule has 0 bridgehead atoms. The Labute approximate surface area is 93.9 Å². The van der Waals surface area contributed by atoms with Crippen LogP contribution in [0.15, 0.2) is 28.2 Å². The van der Waals surface area contributed by atoms with E-state index in [-0.39, 0.29) is 0 Å². The molecule has 0 unspecified atom stereocenters. The number of hydrogen-bond donors (Lipinski definition) is 0. The summed E-state index contributed by atoms with van der Waals surface area (Å²) in [6.07, 6.45) is 0. The fraction of sp³-hybridized carbons (Fsp3) is 0.111. The van der Waals surface area contributed by atoms with Crippen LogP contribution in [0, 0.1) is 0 Å². The third-order valence-corrected chi connectivity index (χ3v) is 3.12. The fourth-order valence-corrected chi connectivity index (χ4v) is 2.19. The molecule has 0 aliphatic rings. The highest BCUT2D eigenvalue weighted by atomic mass is 79.9. The topological polar surface area (TPSA) is 35.0 Å². The van der Waals surface area contributed by atoms with Crippen LogP contribution in [0.3, 0.4) is 0 Å². The van der Waals surface area contributed by atoms with Crippen molar-refractivity contribution in [3.8, 4) is 16.3 Å². The van der Waals surface area contributed by atoms with Crippen LogP contribution in [0.4, 0.5) is 0 Å². The molecule has 0 spiro atoms. The number of halogens is 1. The van der Waals surface area contributed by atoms with Crippen molar-refractivity contribution >= 4 is 27.3 Å². The van der Waals surface area contributed by atoms with Crippen molar-refractivity contribution in [1.29, 1.82) is 0 Å². The van der Waals surface area contributed by atoms with Crippen LogP contribution in [0.5, 0.6) is 5.75 Å². The molecule has 0 radical (unpaired) electrons. The van der Waals surface area contributed by atoms with Crippen LogP contribution in [0.2, 0.25) is 0 Å². The summed E-state index contributed by atoms with van der Waals surface area (Å²) in [6, 6.07) is 7.76. The monoisotopic (exact) mass is 270 g/mol. The second-order valence-electron chi connectivity index (χ2n) is 2.59. The van der Waals surface area contributed by atoms with Gasteiger partial charge in [-0.2, -0.15) is 0 Å². The maximum Gasteiger partial charge on any atom is 0.183 e. The van der Waals surface area contributed by atoms with Gasteiger partial charge >= 0.3 is 0 Å². The molecule has 2 rings (SSSR count). The number of aromatic nitrogens is 2. The predicted octanol–water partition coefficient (Wildman–Crippen LogP) is 2.98. The van der Waals surface area contributed by atoms with E-state index in [4.69, 9.17) is 4.74 Å². The molecule has 0 atom stereocenters. The van der Waals surface area contributed by atoms with E-state index in [1.54, 1.807) is 7.11 Å². The Morgan fingerprint density at radius 2 is 2.21 bits per heavy atom. The van der Waals surface area contributed by atoms with Crippen molar-refractivity contribution in [3.63, 3.8) is 0 Å². The van der Waals surface area contributed by atoms with Crippen molar-refractivity contribution in [3.05, 3.63) is 28.2 Å². The zero-order chi connectivity index (χ0) is 9.97. The van der Waals surface area contributed by atoms with Gasteiger partial charge in [-0.1, -0.05) is 23.5 Å². The summed E-state index contributed by atoms with van der Waals surface area (Å²) in [5.41, 5.74) is 1.02. The molecule has 72 valence electrons. The number of benzene rings is 1. The third-order valence-electron chi connectivity index (χ3n) is 1.72. The lowest BCUT2D eigenvalue weighted by Crippen LogP contribution is -1.83. The summed E-state index contributed by atoms with van der Waals surface area (Å²) in [5.74, 6) is 0.828. The van der Waals surface area contributed by atoms with E-state index in [0.717, 1.165) is 20.2 Å². The molecule has 0 saturated carbocycles. The highest BCUT2D eigenvalue weighted by Gasteiger charge is 2.04. The summed E-state index contributed by atoms with van der Waals surface area (Å²) >= 11 is 4.78. The average Bonchev–Trinajstić information content (AvgIpc) is 2.65. The van der Waals surface area contributed by atoms with E-state index >= 15 is 0 Å². The second kappa shape index (κ2) is 4.06. The van der Waals surface area contributed by atoms with Crippen LogP contribution < -0.4 is 4.74 Å². The van der Waals surface area contributed by atoms with Crippen molar-refractivity contribution in [2.75, 3.05) is 7.11 Å². The molecule has 1 aromatic heterocycles. The molecule has 3 nitrogen and oxygen atoms in total. The lowest BCUT2D eigenvalue weighted by Gasteiger charge is -2.00. The van der Waals surface area contributed by atoms with Crippen molar-refractivity contribution in [2.45, 2.75) is 0 Å². The largest absolute Gasteiger partial charge is 0.497 e. The Bertz CT molecular complexity index is 444. The van der Waals surface area contributed by atoms with E-state index < -0.39 is 0 Å². The predicted molar refractivity (Wildman–Crippen MR) is 59.6 cm³/mol. The summed E-state index contributed by atoms with van der Waals surface area (Å²) in [6.45, 7) is 0. The molecule has 0 aliphatic heterocycles. The van der Waals surface area contributed by atoms with Gasteiger partial charge < -0.3 is 4.74 Å². The highest BCUT2D eigenvalue weighted by Crippen LogP contribution is 2.28. The van der Waals surface area contributed by atoms with E-state index in [0.29, 0.717) is 0 Å². The molecule has 0 amide bonds. The van der Waals surface area contributed by atoms with Crippen LogP contribution in [-0.4, -0.2) is 17.3 Å². The molecule has 1 aromatic carbocycles. The second-order valence-corrected chi connectivity index (χ2v) is 4.85. The third kappa shape index (κ3) is 1.93. The van der Waals surface area contributed by atoms with Crippen LogP contribution in [0.25, 0.3) is 10.6 Å². The molecular formula is C9H7BrN2OS. The Kier molecular flexibility index (Phi) is 2.79. The Morgan fingerprint density at radius 1 is 1.36 bits per heavy atom. The molecule has 14 heavy (non-hydrogen) atoms. The smallest absolute Gasteiger partial charge is 0.183 e. The van der Waals surface area contributed by atoms with E-state index in [1.165, 1.54) is 11.3 Å². The van der Waals surface area contributed by atoms with Crippen LogP contribution >= 0.6 is 27.3 Å². The zero-order valence-corrected chi connectivity index (χ0v) is 9.80. The first-order chi connectivity index (χ1) is 6.79. The number of hydrogen-bond acceptors (Lipinski definition) is 4. The summed E-state index contributed by atoms with van der Waals surface area (Å²) in [4.78, 5) is 0. The quantitative estimate of drug-likeness (QED) is 0.842. The number of rotatable bonds is 2. The molecule has 0 fully saturated rings. The highest BCUT2D eigenvalue weighted by molar-refractivity contribution is 9.11. The molecule has 0 aliphatic carbocycles. The maximum atomic E-state index is 5.13. The molecule has 0 saturated heterocycles. The minimum Gasteiger partial charge on any atom is -0.497 e. The Balaban J connectivity index is 2.41. The van der Waals surface area contributed by atoms with Gasteiger partial charge in [-0.15, -0.1) is 10.2 Å². The van der Waals surface area contributed by atoms with E-state index in [1.807, 2.05) is 24.3 Å². The van der Waals surface area contributed by atoms with Crippen molar-refractivity contribution in [2.24, 2.45) is 0 Å². The molecule has 1 heterocycles. The average molecular weight is 271 g/mol. The first-order valence-electron chi connectivity index (χ1n) is 3.93. The minimum absolute atomic E-state index is 0.787. The number of methoxy groups -OCH3 is 1. The van der Waals surface area contributed by atoms with Gasteiger partial charge in [0.15, 0.2) is 3.92 Å². The van der Waals surface area contributed by atoms with E-state index in [9.17, 15) is 0 Å². The standard InChI is InChI=1S/C9H7BrN2OS/c1-13-7-4-2-3-6(5-7)8-11-12-9(10)14-8/h2-5H,1H3. The lowest BCUT2D eigenvalue weighted by molar-refractivity contribution is 0.415. The van der Waals surface area contributed by atoms with Gasteiger partial charge in [-0.3, -0.25) is 0 Å². The zero-order valence-electron chi connectivity index (χ0n) is 7.40. The molecule has 5 heteroatoms. The van der Waals surface area contributed by atoms with Crippen LogP contribution in [-0.2, 0) is 0 Å². The fourth-order valence-electron chi connectivity index (χ4n) is 1.08.